The predicted molar refractivity (Wildman–Crippen MR) is 55.6 cm³/mol. The molecule has 14 heavy (non-hydrogen) atoms. The summed E-state index contributed by atoms with van der Waals surface area (Å²) >= 11 is 4.05. The van der Waals surface area contributed by atoms with Crippen LogP contribution in [0, 0.1) is 5.92 Å². The Hall–Kier alpha value is -0.550. The quantitative estimate of drug-likeness (QED) is 0.594. The number of carboxylic acid groups (broad SMARTS) is 1. The SMILES string of the molecule is CC(CS)C(=O)C1CC[C@H](C(=O)O)N1. The van der Waals surface area contributed by atoms with Gasteiger partial charge in [0.25, 0.3) is 0 Å². The van der Waals surface area contributed by atoms with Crippen LogP contribution in [0.3, 0.4) is 0 Å². The van der Waals surface area contributed by atoms with Crippen LogP contribution in [0.2, 0.25) is 0 Å². The van der Waals surface area contributed by atoms with E-state index in [0.717, 1.165) is 0 Å². The standard InChI is InChI=1S/C9H15NO3S/c1-5(4-14)8(11)6-2-3-7(10-6)9(12)13/h5-7,10,14H,2-4H2,1H3,(H,12,13)/t5?,6?,7-/m1/s1. The van der Waals surface area contributed by atoms with Crippen LogP contribution in [-0.4, -0.2) is 34.7 Å². The number of thiol groups is 1. The van der Waals surface area contributed by atoms with Gasteiger partial charge in [-0.15, -0.1) is 0 Å². The van der Waals surface area contributed by atoms with E-state index in [2.05, 4.69) is 17.9 Å². The van der Waals surface area contributed by atoms with E-state index in [4.69, 9.17) is 5.11 Å². The van der Waals surface area contributed by atoms with Gasteiger partial charge in [-0.05, 0) is 18.6 Å². The summed E-state index contributed by atoms with van der Waals surface area (Å²) in [5.41, 5.74) is 0. The van der Waals surface area contributed by atoms with E-state index in [-0.39, 0.29) is 17.7 Å². The molecule has 0 amide bonds. The molecule has 1 saturated heterocycles. The Labute approximate surface area is 88.5 Å². The normalized spacial score (nSPS) is 28.7. The maximum Gasteiger partial charge on any atom is 0.320 e. The number of carbonyl (C=O) groups excluding carboxylic acids is 1. The average molecular weight is 217 g/mol. The van der Waals surface area contributed by atoms with Gasteiger partial charge < -0.3 is 5.11 Å². The van der Waals surface area contributed by atoms with Crippen molar-refractivity contribution in [1.82, 2.24) is 5.32 Å². The second-order valence-corrected chi connectivity index (χ2v) is 4.04. The molecule has 5 heteroatoms. The molecule has 0 spiro atoms. The number of hydrogen-bond donors (Lipinski definition) is 3. The van der Waals surface area contributed by atoms with Crippen LogP contribution in [0.25, 0.3) is 0 Å². The number of carboxylic acids is 1. The van der Waals surface area contributed by atoms with Crippen molar-refractivity contribution in [3.05, 3.63) is 0 Å². The van der Waals surface area contributed by atoms with Gasteiger partial charge in [-0.1, -0.05) is 6.92 Å². The van der Waals surface area contributed by atoms with Gasteiger partial charge >= 0.3 is 5.97 Å². The molecule has 1 heterocycles. The first-order valence-electron chi connectivity index (χ1n) is 4.69. The lowest BCUT2D eigenvalue weighted by Crippen LogP contribution is -2.41. The molecule has 0 aromatic rings. The summed E-state index contributed by atoms with van der Waals surface area (Å²) in [7, 11) is 0. The summed E-state index contributed by atoms with van der Waals surface area (Å²) in [5.74, 6) is -0.402. The lowest BCUT2D eigenvalue weighted by atomic mass is 10.0. The first-order chi connectivity index (χ1) is 6.56. The van der Waals surface area contributed by atoms with E-state index in [1.807, 2.05) is 6.92 Å². The highest BCUT2D eigenvalue weighted by Gasteiger charge is 2.34. The van der Waals surface area contributed by atoms with Gasteiger partial charge in [0.2, 0.25) is 0 Å². The zero-order valence-corrected chi connectivity index (χ0v) is 8.96. The lowest BCUT2D eigenvalue weighted by molar-refractivity contribution is -0.139. The van der Waals surface area contributed by atoms with Crippen LogP contribution in [0.15, 0.2) is 0 Å². The minimum absolute atomic E-state index is 0.0729. The fraction of sp³-hybridized carbons (Fsp3) is 0.778. The topological polar surface area (TPSA) is 66.4 Å². The van der Waals surface area contributed by atoms with Crippen molar-refractivity contribution < 1.29 is 14.7 Å². The third kappa shape index (κ3) is 2.48. The summed E-state index contributed by atoms with van der Waals surface area (Å²) in [6.45, 7) is 1.81. The van der Waals surface area contributed by atoms with Gasteiger partial charge in [0.1, 0.15) is 6.04 Å². The first kappa shape index (κ1) is 11.5. The van der Waals surface area contributed by atoms with Crippen molar-refractivity contribution in [3.63, 3.8) is 0 Å². The fourth-order valence-electron chi connectivity index (χ4n) is 1.60. The molecule has 0 aliphatic carbocycles. The second-order valence-electron chi connectivity index (χ2n) is 3.67. The zero-order valence-electron chi connectivity index (χ0n) is 8.06. The molecular formula is C9H15NO3S. The van der Waals surface area contributed by atoms with E-state index >= 15 is 0 Å². The molecule has 1 fully saturated rings. The number of rotatable bonds is 4. The largest absolute Gasteiger partial charge is 0.480 e. The van der Waals surface area contributed by atoms with Gasteiger partial charge in [-0.25, -0.2) is 0 Å². The van der Waals surface area contributed by atoms with Crippen LogP contribution in [0.4, 0.5) is 0 Å². The van der Waals surface area contributed by atoms with E-state index in [1.54, 1.807) is 0 Å². The molecule has 0 bridgehead atoms. The Balaban J connectivity index is 2.49. The average Bonchev–Trinajstić information content (AvgIpc) is 2.64. The molecule has 0 saturated carbocycles. The minimum atomic E-state index is -0.876. The smallest absolute Gasteiger partial charge is 0.320 e. The van der Waals surface area contributed by atoms with Crippen molar-refractivity contribution in [1.29, 1.82) is 0 Å². The molecule has 0 radical (unpaired) electrons. The Morgan fingerprint density at radius 3 is 2.50 bits per heavy atom. The number of hydrogen-bond acceptors (Lipinski definition) is 4. The van der Waals surface area contributed by atoms with Crippen LogP contribution in [0.1, 0.15) is 19.8 Å². The van der Waals surface area contributed by atoms with E-state index in [1.165, 1.54) is 0 Å². The molecule has 0 aromatic carbocycles. The number of aliphatic carboxylic acids is 1. The number of nitrogens with one attached hydrogen (secondary N) is 1. The third-order valence-electron chi connectivity index (χ3n) is 2.55. The van der Waals surface area contributed by atoms with Crippen LogP contribution < -0.4 is 5.32 Å². The first-order valence-corrected chi connectivity index (χ1v) is 5.33. The number of carbonyl (C=O) groups is 2. The zero-order chi connectivity index (χ0) is 10.7. The predicted octanol–water partition coefficient (Wildman–Crippen LogP) is 0.327. The Bertz CT molecular complexity index is 244. The Morgan fingerprint density at radius 1 is 1.50 bits per heavy atom. The van der Waals surface area contributed by atoms with E-state index in [9.17, 15) is 9.59 Å². The van der Waals surface area contributed by atoms with Crippen molar-refractivity contribution in [2.45, 2.75) is 31.8 Å². The molecule has 4 nitrogen and oxygen atoms in total. The minimum Gasteiger partial charge on any atom is -0.480 e. The van der Waals surface area contributed by atoms with Gasteiger partial charge in [0.15, 0.2) is 5.78 Å². The molecule has 2 unspecified atom stereocenters. The highest BCUT2D eigenvalue weighted by molar-refractivity contribution is 7.80. The highest BCUT2D eigenvalue weighted by Crippen LogP contribution is 2.16. The Kier molecular flexibility index (Phi) is 3.95. The monoisotopic (exact) mass is 217 g/mol. The Morgan fingerprint density at radius 2 is 2.07 bits per heavy atom. The molecular weight excluding hydrogens is 202 g/mol. The molecule has 1 aliphatic heterocycles. The summed E-state index contributed by atoms with van der Waals surface area (Å²) in [6, 6.07) is -0.852. The molecule has 1 rings (SSSR count). The van der Waals surface area contributed by atoms with Crippen molar-refractivity contribution in [2.75, 3.05) is 5.75 Å². The molecule has 2 N–H and O–H groups in total. The van der Waals surface area contributed by atoms with Gasteiger partial charge in [-0.2, -0.15) is 12.6 Å². The van der Waals surface area contributed by atoms with Crippen LogP contribution in [-0.2, 0) is 9.59 Å². The maximum atomic E-state index is 11.6. The molecule has 1 aliphatic rings. The van der Waals surface area contributed by atoms with Gasteiger partial charge in [0, 0.05) is 5.92 Å². The molecule has 0 aromatic heterocycles. The maximum absolute atomic E-state index is 11.6. The summed E-state index contributed by atoms with van der Waals surface area (Å²) in [6.07, 6.45) is 1.15. The van der Waals surface area contributed by atoms with Crippen molar-refractivity contribution in [2.24, 2.45) is 5.92 Å². The lowest BCUT2D eigenvalue weighted by Gasteiger charge is -2.14. The second kappa shape index (κ2) is 4.79. The number of Topliss-reactive ketones (excluding diaryl/α,β-unsaturated/α-hetero) is 1. The van der Waals surface area contributed by atoms with Crippen LogP contribution >= 0.6 is 12.6 Å². The van der Waals surface area contributed by atoms with Crippen molar-refractivity contribution in [3.8, 4) is 0 Å². The van der Waals surface area contributed by atoms with Gasteiger partial charge in [0.05, 0.1) is 6.04 Å². The third-order valence-corrected chi connectivity index (χ3v) is 3.10. The van der Waals surface area contributed by atoms with Crippen molar-refractivity contribution >= 4 is 24.4 Å². The highest BCUT2D eigenvalue weighted by atomic mass is 32.1. The van der Waals surface area contributed by atoms with E-state index in [0.29, 0.717) is 18.6 Å². The molecule has 3 atom stereocenters. The van der Waals surface area contributed by atoms with E-state index < -0.39 is 12.0 Å². The summed E-state index contributed by atoms with van der Waals surface area (Å²) in [4.78, 5) is 22.3. The summed E-state index contributed by atoms with van der Waals surface area (Å²) < 4.78 is 0. The molecule has 80 valence electrons. The number of ketones is 1. The van der Waals surface area contributed by atoms with Gasteiger partial charge in [-0.3, -0.25) is 14.9 Å². The van der Waals surface area contributed by atoms with Crippen LogP contribution in [0.5, 0.6) is 0 Å². The fourth-order valence-corrected chi connectivity index (χ4v) is 1.78. The summed E-state index contributed by atoms with van der Waals surface area (Å²) in [5, 5.41) is 11.5.